The second kappa shape index (κ2) is 19.0. The van der Waals surface area contributed by atoms with E-state index in [9.17, 15) is 24.6 Å². The maximum atomic E-state index is 14.4. The third kappa shape index (κ3) is 10.1. The molecule has 6 fully saturated rings. The summed E-state index contributed by atoms with van der Waals surface area (Å²) in [6.45, 7) is 17.7. The van der Waals surface area contributed by atoms with Crippen molar-refractivity contribution in [1.29, 1.82) is 0 Å². The highest BCUT2D eigenvalue weighted by atomic mass is 16.7. The van der Waals surface area contributed by atoms with Gasteiger partial charge in [0.15, 0.2) is 0 Å². The van der Waals surface area contributed by atoms with Crippen LogP contribution >= 0.6 is 0 Å². The first kappa shape index (κ1) is 45.3. The molecule has 56 heavy (non-hydrogen) atoms. The number of aliphatic hydroxyl groups excluding tert-OH is 2. The Morgan fingerprint density at radius 3 is 2.27 bits per heavy atom. The van der Waals surface area contributed by atoms with E-state index in [0.29, 0.717) is 42.1 Å². The number of carbonyl (C=O) groups is 3. The van der Waals surface area contributed by atoms with Gasteiger partial charge in [-0.05, 0) is 113 Å². The molecule has 6 unspecified atom stereocenters. The lowest BCUT2D eigenvalue weighted by atomic mass is 9.45. The van der Waals surface area contributed by atoms with E-state index >= 15 is 0 Å². The zero-order valence-corrected chi connectivity index (χ0v) is 36.6. The molecule has 0 aromatic carbocycles. The largest absolute Gasteiger partial charge is 0.394 e. The van der Waals surface area contributed by atoms with Gasteiger partial charge in [-0.15, -0.1) is 0 Å². The average Bonchev–Trinajstić information content (AvgIpc) is 3.50. The van der Waals surface area contributed by atoms with Crippen molar-refractivity contribution >= 4 is 17.7 Å². The van der Waals surface area contributed by atoms with E-state index in [4.69, 9.17) is 9.57 Å². The van der Waals surface area contributed by atoms with Crippen molar-refractivity contribution < 1.29 is 34.2 Å². The van der Waals surface area contributed by atoms with Crippen LogP contribution < -0.4 is 16.0 Å². The third-order valence-electron chi connectivity index (χ3n) is 15.0. The fourth-order valence-electron chi connectivity index (χ4n) is 12.0. The molecule has 0 radical (unpaired) electrons. The summed E-state index contributed by atoms with van der Waals surface area (Å²) in [7, 11) is 5.84. The highest BCUT2D eigenvalue weighted by Crippen LogP contribution is 2.61. The van der Waals surface area contributed by atoms with Crippen molar-refractivity contribution in [3.05, 3.63) is 0 Å². The molecule has 1 aliphatic heterocycles. The van der Waals surface area contributed by atoms with Crippen LogP contribution in [0.4, 0.5) is 0 Å². The van der Waals surface area contributed by atoms with Crippen molar-refractivity contribution in [2.24, 2.45) is 64.6 Å². The molecule has 5 N–H and O–H groups in total. The maximum absolute atomic E-state index is 14.4. The van der Waals surface area contributed by atoms with Gasteiger partial charge < -0.3 is 35.8 Å². The normalized spacial score (nSPS) is 38.2. The Bertz CT molecular complexity index is 1320. The molecule has 12 heteroatoms. The van der Waals surface area contributed by atoms with E-state index in [2.05, 4.69) is 55.5 Å². The van der Waals surface area contributed by atoms with Crippen molar-refractivity contribution in [2.45, 2.75) is 156 Å². The number of fused-ring (bicyclic) bond motifs is 2. The minimum atomic E-state index is -0.859. The molecule has 5 aliphatic carbocycles. The number of nitrogens with zero attached hydrogens (tertiary/aromatic N) is 2. The van der Waals surface area contributed by atoms with Crippen LogP contribution in [0.25, 0.3) is 0 Å². The van der Waals surface area contributed by atoms with Gasteiger partial charge in [0.05, 0.1) is 18.8 Å². The summed E-state index contributed by atoms with van der Waals surface area (Å²) in [5, 5.41) is 33.3. The number of carbonyl (C=O) groups excluding carboxylic acids is 3. The molecule has 5 saturated carbocycles. The fraction of sp³-hybridized carbons (Fsp3) is 0.932. The smallest absolute Gasteiger partial charge is 0.240 e. The molecular weight excluding hydrogens is 711 g/mol. The molecule has 15 atom stereocenters. The second-order valence-electron chi connectivity index (χ2n) is 20.4. The number of nitrogens with one attached hydrogen (secondary N) is 3. The number of aliphatic hydroxyl groups is 2. The predicted octanol–water partition coefficient (Wildman–Crippen LogP) is 4.23. The van der Waals surface area contributed by atoms with Crippen LogP contribution in [0.5, 0.6) is 0 Å². The summed E-state index contributed by atoms with van der Waals surface area (Å²) in [5.74, 6) is 1.27. The van der Waals surface area contributed by atoms with E-state index in [1.54, 1.807) is 19.1 Å². The molecule has 6 aliphatic rings. The SMILES string of the molecule is COC1C(CN2O[C@@H](CO)[C@@H]([C@H](C)O)[C@H]2C(=O)N[C@H]2C[C@H]3C[C@@H]([C@@H]2C)C3(C)C)CCCC1C1CC(NC(=O)C(C)C)CC(C(=O)N[C@@H](CC(C)C)CN(C)C)C1. The lowest BCUT2D eigenvalue weighted by molar-refractivity contribution is -0.193. The van der Waals surface area contributed by atoms with Gasteiger partial charge in [0.2, 0.25) is 17.7 Å². The molecule has 0 spiro atoms. The number of hydrogen-bond acceptors (Lipinski definition) is 9. The summed E-state index contributed by atoms with van der Waals surface area (Å²) < 4.78 is 6.40. The molecule has 1 heterocycles. The number of hydroxylamine groups is 2. The Labute approximate surface area is 338 Å². The number of amides is 3. The Morgan fingerprint density at radius 2 is 1.70 bits per heavy atom. The predicted molar refractivity (Wildman–Crippen MR) is 218 cm³/mol. The average molecular weight is 790 g/mol. The monoisotopic (exact) mass is 790 g/mol. The lowest BCUT2D eigenvalue weighted by Crippen LogP contribution is -2.62. The lowest BCUT2D eigenvalue weighted by Gasteiger charge is -2.62. The molecule has 0 aromatic rings. The second-order valence-corrected chi connectivity index (χ2v) is 20.4. The van der Waals surface area contributed by atoms with Crippen LogP contribution in [0.15, 0.2) is 0 Å². The van der Waals surface area contributed by atoms with Gasteiger partial charge in [0.25, 0.3) is 0 Å². The Balaban J connectivity index is 1.34. The quantitative estimate of drug-likeness (QED) is 0.155. The summed E-state index contributed by atoms with van der Waals surface area (Å²) in [4.78, 5) is 50.0. The third-order valence-corrected chi connectivity index (χ3v) is 15.0. The van der Waals surface area contributed by atoms with Crippen LogP contribution in [-0.4, -0.2) is 121 Å². The molecule has 2 bridgehead atoms. The van der Waals surface area contributed by atoms with E-state index in [0.717, 1.165) is 51.5 Å². The summed E-state index contributed by atoms with van der Waals surface area (Å²) in [5.41, 5.74) is 0.296. The van der Waals surface area contributed by atoms with E-state index in [1.165, 1.54) is 6.42 Å². The number of methoxy groups -OCH3 is 1. The first-order chi connectivity index (χ1) is 26.4. The van der Waals surface area contributed by atoms with Gasteiger partial charge in [-0.3, -0.25) is 19.2 Å². The van der Waals surface area contributed by atoms with Crippen LogP contribution in [-0.2, 0) is 24.0 Å². The topological polar surface area (TPSA) is 153 Å². The van der Waals surface area contributed by atoms with Crippen LogP contribution in [0.1, 0.15) is 113 Å². The Kier molecular flexibility index (Phi) is 15.4. The minimum absolute atomic E-state index is 0.00915. The number of likely N-dealkylation sites (N-methyl/N-ethyl adjacent to an activating group) is 1. The number of rotatable bonds is 16. The zero-order valence-electron chi connectivity index (χ0n) is 36.6. The van der Waals surface area contributed by atoms with E-state index < -0.39 is 24.2 Å². The van der Waals surface area contributed by atoms with Gasteiger partial charge in [-0.25, -0.2) is 0 Å². The number of ether oxygens (including phenoxy) is 1. The number of hydrogen-bond donors (Lipinski definition) is 5. The van der Waals surface area contributed by atoms with Gasteiger partial charge >= 0.3 is 0 Å². The van der Waals surface area contributed by atoms with Crippen LogP contribution in [0, 0.1) is 64.6 Å². The zero-order chi connectivity index (χ0) is 41.2. The first-order valence-electron chi connectivity index (χ1n) is 22.2. The van der Waals surface area contributed by atoms with E-state index in [1.807, 2.05) is 27.9 Å². The Hall–Kier alpha value is -1.83. The molecule has 6 rings (SSSR count). The fourth-order valence-corrected chi connectivity index (χ4v) is 12.0. The van der Waals surface area contributed by atoms with E-state index in [-0.39, 0.29) is 78.1 Å². The van der Waals surface area contributed by atoms with Crippen molar-refractivity contribution in [3.63, 3.8) is 0 Å². The van der Waals surface area contributed by atoms with Gasteiger partial charge in [0.1, 0.15) is 12.1 Å². The molecule has 12 nitrogen and oxygen atoms in total. The molecule has 1 saturated heterocycles. The highest BCUT2D eigenvalue weighted by Gasteiger charge is 2.58. The molecule has 322 valence electrons. The summed E-state index contributed by atoms with van der Waals surface area (Å²) >= 11 is 0. The van der Waals surface area contributed by atoms with Gasteiger partial charge in [-0.2, -0.15) is 5.06 Å². The molecule has 0 aromatic heterocycles. The summed E-state index contributed by atoms with van der Waals surface area (Å²) in [6.07, 6.45) is 6.29. The van der Waals surface area contributed by atoms with Crippen LogP contribution in [0.3, 0.4) is 0 Å². The van der Waals surface area contributed by atoms with Gasteiger partial charge in [0, 0.05) is 62.0 Å². The van der Waals surface area contributed by atoms with Crippen LogP contribution in [0.2, 0.25) is 0 Å². The molecular formula is C44H79N5O7. The minimum Gasteiger partial charge on any atom is -0.394 e. The van der Waals surface area contributed by atoms with Crippen molar-refractivity contribution in [3.8, 4) is 0 Å². The van der Waals surface area contributed by atoms with Gasteiger partial charge in [-0.1, -0.05) is 54.9 Å². The Morgan fingerprint density at radius 1 is 0.982 bits per heavy atom. The standard InChI is InChI=1S/C44H79N5O7/c1-24(2)15-33(22-48(9)10)46-42(53)30-16-29(17-32(18-30)45-41(52)25(3)4)34-14-12-13-28(40(34)55-11)21-49-39(38(27(6)51)37(23-50)56-49)43(54)47-36-20-31-19-35(26(36)5)44(31,7)8/h24-40,50-51H,12-23H2,1-11H3,(H,45,52)(H,46,53)(H,47,54)/t26-,27-,28?,29?,30?,31+,32?,33-,34?,35-,36-,37-,38+,39-,40?/m0/s1. The molecule has 3 amide bonds. The first-order valence-corrected chi connectivity index (χ1v) is 22.2. The van der Waals surface area contributed by atoms with Crippen molar-refractivity contribution in [1.82, 2.24) is 25.9 Å². The van der Waals surface area contributed by atoms with Crippen molar-refractivity contribution in [2.75, 3.05) is 40.9 Å². The maximum Gasteiger partial charge on any atom is 0.240 e. The summed E-state index contributed by atoms with van der Waals surface area (Å²) in [6, 6.07) is -0.743. The highest BCUT2D eigenvalue weighted by molar-refractivity contribution is 5.83.